The van der Waals surface area contributed by atoms with Gasteiger partial charge in [-0.2, -0.15) is 5.10 Å². The predicted octanol–water partition coefficient (Wildman–Crippen LogP) is 3.94. The number of carbonyl (C=O) groups is 2. The Morgan fingerprint density at radius 2 is 1.79 bits per heavy atom. The Labute approximate surface area is 199 Å². The summed E-state index contributed by atoms with van der Waals surface area (Å²) >= 11 is 0. The molecule has 0 saturated heterocycles. The molecule has 1 aliphatic carbocycles. The lowest BCUT2D eigenvalue weighted by Gasteiger charge is -2.27. The Kier molecular flexibility index (Phi) is 6.95. The van der Waals surface area contributed by atoms with Crippen LogP contribution in [-0.2, 0) is 0 Å². The van der Waals surface area contributed by atoms with Gasteiger partial charge in [-0.15, -0.1) is 0 Å². The van der Waals surface area contributed by atoms with Crippen LogP contribution in [0.3, 0.4) is 0 Å². The number of carbonyl (C=O) groups excluding carboxylic acids is 2. The Morgan fingerprint density at radius 1 is 1.12 bits per heavy atom. The van der Waals surface area contributed by atoms with Crippen LogP contribution in [0.25, 0.3) is 11.3 Å². The number of hydrogen-bond acceptors (Lipinski definition) is 4. The highest BCUT2D eigenvalue weighted by Gasteiger charge is 2.27. The number of hydrogen-bond donors (Lipinski definition) is 2. The minimum absolute atomic E-state index is 0.00354. The third-order valence-electron chi connectivity index (χ3n) is 6.76. The first-order valence-corrected chi connectivity index (χ1v) is 11.8. The zero-order valence-electron chi connectivity index (χ0n) is 19.9. The zero-order chi connectivity index (χ0) is 24.2. The van der Waals surface area contributed by atoms with E-state index >= 15 is 0 Å². The van der Waals surface area contributed by atoms with Gasteiger partial charge in [0.15, 0.2) is 0 Å². The van der Waals surface area contributed by atoms with Crippen LogP contribution in [-0.4, -0.2) is 45.6 Å². The molecule has 4 rings (SSSR count). The standard InChI is InChI=1S/C26H31N5O3/c1-17(22-14-23(29-28-22)18-10-6-4-7-11-18)30(3)26(34)21-16-31(19-12-8-5-9-13-19)15-20(24(21)32)25(33)27-2/h4,6-7,10-11,14-17,19H,5,8-9,12-13H2,1-3H3,(H,27,33)(H,28,29). The minimum Gasteiger partial charge on any atom is -0.355 e. The minimum atomic E-state index is -0.551. The number of nitrogens with one attached hydrogen (secondary N) is 2. The van der Waals surface area contributed by atoms with Gasteiger partial charge in [0.2, 0.25) is 5.43 Å². The number of nitrogens with zero attached hydrogens (tertiary/aromatic N) is 3. The molecule has 0 aliphatic heterocycles. The van der Waals surface area contributed by atoms with Crippen molar-refractivity contribution in [2.45, 2.75) is 51.1 Å². The summed E-state index contributed by atoms with van der Waals surface area (Å²) in [6.07, 6.45) is 8.52. The van der Waals surface area contributed by atoms with Crippen molar-refractivity contribution < 1.29 is 9.59 Å². The summed E-state index contributed by atoms with van der Waals surface area (Å²) < 4.78 is 1.89. The highest BCUT2D eigenvalue weighted by atomic mass is 16.2. The average molecular weight is 462 g/mol. The molecule has 1 unspecified atom stereocenters. The van der Waals surface area contributed by atoms with Crippen LogP contribution in [0.15, 0.2) is 53.6 Å². The number of aromatic nitrogens is 3. The van der Waals surface area contributed by atoms with Crippen molar-refractivity contribution in [1.29, 1.82) is 0 Å². The summed E-state index contributed by atoms with van der Waals surface area (Å²) in [4.78, 5) is 40.6. The lowest BCUT2D eigenvalue weighted by atomic mass is 9.95. The summed E-state index contributed by atoms with van der Waals surface area (Å²) in [5, 5.41) is 9.92. The van der Waals surface area contributed by atoms with E-state index in [9.17, 15) is 14.4 Å². The van der Waals surface area contributed by atoms with E-state index in [-0.39, 0.29) is 23.2 Å². The maximum Gasteiger partial charge on any atom is 0.259 e. The third-order valence-corrected chi connectivity index (χ3v) is 6.76. The Bertz CT molecular complexity index is 1220. The van der Waals surface area contributed by atoms with E-state index in [0.717, 1.165) is 42.6 Å². The highest BCUT2D eigenvalue weighted by molar-refractivity contribution is 5.99. The maximum atomic E-state index is 13.5. The molecule has 1 aromatic carbocycles. The summed E-state index contributed by atoms with van der Waals surface area (Å²) in [6, 6.07) is 11.5. The Balaban J connectivity index is 1.65. The van der Waals surface area contributed by atoms with Crippen molar-refractivity contribution in [2.75, 3.05) is 14.1 Å². The number of amides is 2. The number of H-pyrrole nitrogens is 1. The number of pyridine rings is 1. The molecular formula is C26H31N5O3. The number of rotatable bonds is 6. The van der Waals surface area contributed by atoms with Crippen molar-refractivity contribution in [3.63, 3.8) is 0 Å². The van der Waals surface area contributed by atoms with Crippen LogP contribution >= 0.6 is 0 Å². The van der Waals surface area contributed by atoms with E-state index in [2.05, 4.69) is 15.5 Å². The van der Waals surface area contributed by atoms with Crippen molar-refractivity contribution in [1.82, 2.24) is 25.0 Å². The first-order chi connectivity index (χ1) is 16.4. The molecule has 0 radical (unpaired) electrons. The fourth-order valence-electron chi connectivity index (χ4n) is 4.52. The van der Waals surface area contributed by atoms with Gasteiger partial charge in [0, 0.05) is 38.1 Å². The molecule has 0 bridgehead atoms. The SMILES string of the molecule is CNC(=O)c1cn(C2CCCCC2)cc(C(=O)N(C)C(C)c2cc(-c3ccccc3)n[nH]2)c1=O. The Hall–Kier alpha value is -3.68. The van der Waals surface area contributed by atoms with Gasteiger partial charge in [-0.1, -0.05) is 49.6 Å². The normalized spacial score (nSPS) is 15.0. The van der Waals surface area contributed by atoms with E-state index in [1.807, 2.05) is 47.9 Å². The molecule has 1 fully saturated rings. The van der Waals surface area contributed by atoms with E-state index in [0.29, 0.717) is 0 Å². The Morgan fingerprint density at radius 3 is 2.47 bits per heavy atom. The van der Waals surface area contributed by atoms with Crippen LogP contribution in [0.1, 0.15) is 77.5 Å². The summed E-state index contributed by atoms with van der Waals surface area (Å²) in [6.45, 7) is 1.88. The molecule has 2 N–H and O–H groups in total. The maximum absolute atomic E-state index is 13.5. The second kappa shape index (κ2) is 10.1. The first kappa shape index (κ1) is 23.5. The van der Waals surface area contributed by atoms with Gasteiger partial charge in [0.05, 0.1) is 17.4 Å². The van der Waals surface area contributed by atoms with Crippen LogP contribution in [0.5, 0.6) is 0 Å². The van der Waals surface area contributed by atoms with Gasteiger partial charge in [-0.3, -0.25) is 19.5 Å². The fourth-order valence-corrected chi connectivity index (χ4v) is 4.52. The molecule has 3 aromatic rings. The molecule has 1 atom stereocenters. The van der Waals surface area contributed by atoms with E-state index < -0.39 is 17.2 Å². The summed E-state index contributed by atoms with van der Waals surface area (Å²) in [5.41, 5.74) is 1.95. The lowest BCUT2D eigenvalue weighted by Crippen LogP contribution is -2.37. The van der Waals surface area contributed by atoms with Crippen molar-refractivity contribution in [2.24, 2.45) is 0 Å². The molecule has 2 aromatic heterocycles. The molecule has 1 saturated carbocycles. The van der Waals surface area contributed by atoms with Gasteiger partial charge < -0.3 is 14.8 Å². The van der Waals surface area contributed by atoms with Gasteiger partial charge >= 0.3 is 0 Å². The molecule has 1 aliphatic rings. The van der Waals surface area contributed by atoms with Crippen LogP contribution < -0.4 is 10.7 Å². The topological polar surface area (TPSA) is 100 Å². The highest BCUT2D eigenvalue weighted by Crippen LogP contribution is 2.29. The van der Waals surface area contributed by atoms with Crippen molar-refractivity contribution in [3.8, 4) is 11.3 Å². The zero-order valence-corrected chi connectivity index (χ0v) is 19.9. The van der Waals surface area contributed by atoms with Gasteiger partial charge in [0.25, 0.3) is 11.8 Å². The van der Waals surface area contributed by atoms with Gasteiger partial charge in [0.1, 0.15) is 11.1 Å². The van der Waals surface area contributed by atoms with Crippen LogP contribution in [0.2, 0.25) is 0 Å². The van der Waals surface area contributed by atoms with E-state index in [1.54, 1.807) is 19.4 Å². The smallest absolute Gasteiger partial charge is 0.259 e. The first-order valence-electron chi connectivity index (χ1n) is 11.8. The lowest BCUT2D eigenvalue weighted by molar-refractivity contribution is 0.0737. The van der Waals surface area contributed by atoms with E-state index in [1.165, 1.54) is 18.4 Å². The molecule has 8 nitrogen and oxygen atoms in total. The monoisotopic (exact) mass is 461 g/mol. The van der Waals surface area contributed by atoms with Crippen LogP contribution in [0, 0.1) is 0 Å². The van der Waals surface area contributed by atoms with Crippen molar-refractivity contribution in [3.05, 3.63) is 75.8 Å². The van der Waals surface area contributed by atoms with Crippen LogP contribution in [0.4, 0.5) is 0 Å². The summed E-state index contributed by atoms with van der Waals surface area (Å²) in [5.74, 6) is -0.912. The number of aromatic amines is 1. The molecular weight excluding hydrogens is 430 g/mol. The number of benzene rings is 1. The fraction of sp³-hybridized carbons (Fsp3) is 0.385. The molecule has 178 valence electrons. The van der Waals surface area contributed by atoms with Gasteiger partial charge in [-0.05, 0) is 25.8 Å². The van der Waals surface area contributed by atoms with E-state index in [4.69, 9.17) is 0 Å². The average Bonchev–Trinajstić information content (AvgIpc) is 3.38. The second-order valence-electron chi connectivity index (χ2n) is 8.90. The van der Waals surface area contributed by atoms with Crippen molar-refractivity contribution >= 4 is 11.8 Å². The molecule has 2 heterocycles. The third kappa shape index (κ3) is 4.66. The summed E-state index contributed by atoms with van der Waals surface area (Å²) in [7, 11) is 3.14. The molecule has 2 amide bonds. The molecule has 34 heavy (non-hydrogen) atoms. The molecule has 0 spiro atoms. The largest absolute Gasteiger partial charge is 0.355 e. The quantitative estimate of drug-likeness (QED) is 0.581. The predicted molar refractivity (Wildman–Crippen MR) is 131 cm³/mol. The molecule has 8 heteroatoms. The van der Waals surface area contributed by atoms with Gasteiger partial charge in [-0.25, -0.2) is 0 Å². The second-order valence-corrected chi connectivity index (χ2v) is 8.90.